The van der Waals surface area contributed by atoms with E-state index in [4.69, 9.17) is 24.2 Å². The number of aliphatic hydroxyl groups excluding tert-OH is 1. The minimum atomic E-state index is -1.77. The van der Waals surface area contributed by atoms with Crippen LogP contribution in [0.4, 0.5) is 0 Å². The third kappa shape index (κ3) is 10.2. The lowest BCUT2D eigenvalue weighted by Crippen LogP contribution is -2.51. The van der Waals surface area contributed by atoms with E-state index in [1.165, 1.54) is 0 Å². The Morgan fingerprint density at radius 1 is 0.921 bits per heavy atom. The monoisotopic (exact) mass is 535 g/mol. The van der Waals surface area contributed by atoms with Crippen LogP contribution in [0, 0.1) is 23.2 Å². The Labute approximate surface area is 228 Å². The molecule has 3 rings (SSSR count). The first kappa shape index (κ1) is 31.0. The third-order valence-corrected chi connectivity index (χ3v) is 8.17. The summed E-state index contributed by atoms with van der Waals surface area (Å²) < 4.78 is 23.5. The van der Waals surface area contributed by atoms with Gasteiger partial charge in [-0.1, -0.05) is 31.4 Å². The van der Waals surface area contributed by atoms with Gasteiger partial charge >= 0.3 is 5.97 Å². The number of ether oxygens (including phenoxy) is 4. The lowest BCUT2D eigenvalue weighted by atomic mass is 9.88. The Bertz CT molecular complexity index is 719. The Balaban J connectivity index is 1.47. The number of carboxylic acid groups (broad SMARTS) is 1. The average molecular weight is 536 g/mol. The van der Waals surface area contributed by atoms with Crippen LogP contribution in [-0.4, -0.2) is 53.9 Å². The summed E-state index contributed by atoms with van der Waals surface area (Å²) in [4.78, 5) is 12.5. The van der Waals surface area contributed by atoms with Gasteiger partial charge in [0.05, 0.1) is 12.2 Å². The standard InChI is InChI=1S/C30H49NO7/c31-21-11-4-2-1-3-6-14-24-18-19-26(32)25(24)15-7-5-10-20-30(29(33)34,37-27-16-8-12-22-35-27)38-28-17-9-13-23-36-28/h6,14,24-28,32H,1-5,7-13,15-20,22-23H2,(H,33,34)/t24-,25+,26-,27?,28?,30?/m0/s1. The van der Waals surface area contributed by atoms with Crippen molar-refractivity contribution >= 4 is 5.97 Å². The predicted octanol–water partition coefficient (Wildman–Crippen LogP) is 6.22. The first-order valence-electron chi connectivity index (χ1n) is 15.1. The SMILES string of the molecule is N#CCCCCCC=C[C@H]1CC[C@H](O)[C@@H]1CCCCCC(OC1CCCCO1)(OC1CCCCO1)C(=O)O. The summed E-state index contributed by atoms with van der Waals surface area (Å²) >= 11 is 0. The van der Waals surface area contributed by atoms with Gasteiger partial charge in [0.2, 0.25) is 0 Å². The molecule has 2 unspecified atom stereocenters. The van der Waals surface area contributed by atoms with Crippen LogP contribution in [0.5, 0.6) is 0 Å². The van der Waals surface area contributed by atoms with Crippen LogP contribution in [0.25, 0.3) is 0 Å². The maximum atomic E-state index is 12.5. The number of aliphatic hydroxyl groups is 1. The highest BCUT2D eigenvalue weighted by molar-refractivity contribution is 5.75. The lowest BCUT2D eigenvalue weighted by molar-refractivity contribution is -0.352. The van der Waals surface area contributed by atoms with E-state index in [1.54, 1.807) is 0 Å². The van der Waals surface area contributed by atoms with Crippen LogP contribution in [-0.2, 0) is 23.7 Å². The molecule has 3 fully saturated rings. The molecule has 2 aliphatic heterocycles. The molecule has 216 valence electrons. The van der Waals surface area contributed by atoms with Gasteiger partial charge in [-0.15, -0.1) is 0 Å². The topological polar surface area (TPSA) is 118 Å². The summed E-state index contributed by atoms with van der Waals surface area (Å²) in [5.74, 6) is -2.23. The molecule has 2 heterocycles. The van der Waals surface area contributed by atoms with Gasteiger partial charge in [0.1, 0.15) is 0 Å². The van der Waals surface area contributed by atoms with Crippen molar-refractivity contribution in [3.8, 4) is 6.07 Å². The predicted molar refractivity (Wildman–Crippen MR) is 143 cm³/mol. The fourth-order valence-electron chi connectivity index (χ4n) is 5.94. The summed E-state index contributed by atoms with van der Waals surface area (Å²) in [6, 6.07) is 2.19. The molecule has 5 atom stereocenters. The van der Waals surface area contributed by atoms with Crippen LogP contribution >= 0.6 is 0 Å². The molecule has 0 radical (unpaired) electrons. The summed E-state index contributed by atoms with van der Waals surface area (Å²) in [7, 11) is 0. The lowest BCUT2D eigenvalue weighted by Gasteiger charge is -2.38. The third-order valence-electron chi connectivity index (χ3n) is 8.17. The Morgan fingerprint density at radius 3 is 2.21 bits per heavy atom. The van der Waals surface area contributed by atoms with Gasteiger partial charge in [0.15, 0.2) is 12.6 Å². The quantitative estimate of drug-likeness (QED) is 0.128. The summed E-state index contributed by atoms with van der Waals surface area (Å²) in [5, 5.41) is 29.4. The zero-order valence-corrected chi connectivity index (χ0v) is 23.1. The van der Waals surface area contributed by atoms with Crippen molar-refractivity contribution in [1.29, 1.82) is 5.26 Å². The highest BCUT2D eigenvalue weighted by atomic mass is 16.8. The van der Waals surface area contributed by atoms with Gasteiger partial charge in [-0.05, 0) is 95.3 Å². The molecule has 0 aromatic heterocycles. The van der Waals surface area contributed by atoms with Gasteiger partial charge in [0, 0.05) is 26.1 Å². The first-order valence-corrected chi connectivity index (χ1v) is 15.1. The second kappa shape index (κ2) is 17.2. The molecular formula is C30H49NO7. The fraction of sp³-hybridized carbons (Fsp3) is 0.867. The van der Waals surface area contributed by atoms with Crippen molar-refractivity contribution in [3.63, 3.8) is 0 Å². The zero-order chi connectivity index (χ0) is 27.1. The van der Waals surface area contributed by atoms with Gasteiger partial charge < -0.3 is 29.2 Å². The van der Waals surface area contributed by atoms with Crippen molar-refractivity contribution in [2.75, 3.05) is 13.2 Å². The molecule has 1 aliphatic carbocycles. The van der Waals surface area contributed by atoms with E-state index in [0.29, 0.717) is 44.8 Å². The average Bonchev–Trinajstić information content (AvgIpc) is 3.27. The molecule has 8 heteroatoms. The number of allylic oxidation sites excluding steroid dienone is 2. The fourth-order valence-corrected chi connectivity index (χ4v) is 5.94. The van der Waals surface area contributed by atoms with E-state index < -0.39 is 24.3 Å². The minimum Gasteiger partial charge on any atom is -0.477 e. The molecule has 1 saturated carbocycles. The summed E-state index contributed by atoms with van der Waals surface area (Å²) in [6.45, 7) is 1.14. The molecule has 0 aromatic carbocycles. The summed E-state index contributed by atoms with van der Waals surface area (Å²) in [5.41, 5.74) is 0. The highest BCUT2D eigenvalue weighted by Crippen LogP contribution is 2.37. The van der Waals surface area contributed by atoms with Crippen LogP contribution in [0.1, 0.15) is 116 Å². The largest absolute Gasteiger partial charge is 0.477 e. The molecule has 0 amide bonds. The van der Waals surface area contributed by atoms with Crippen LogP contribution < -0.4 is 0 Å². The molecule has 0 spiro atoms. The van der Waals surface area contributed by atoms with Crippen molar-refractivity contribution < 1.29 is 34.0 Å². The molecule has 0 aromatic rings. The highest BCUT2D eigenvalue weighted by Gasteiger charge is 2.46. The maximum absolute atomic E-state index is 12.5. The van der Waals surface area contributed by atoms with Crippen molar-refractivity contribution in [2.45, 2.75) is 140 Å². The smallest absolute Gasteiger partial charge is 0.364 e. The minimum absolute atomic E-state index is 0.240. The van der Waals surface area contributed by atoms with Gasteiger partial charge in [0.25, 0.3) is 5.79 Å². The number of carbonyl (C=O) groups is 1. The number of unbranched alkanes of at least 4 members (excludes halogenated alkanes) is 6. The van der Waals surface area contributed by atoms with E-state index in [0.717, 1.165) is 83.5 Å². The molecule has 38 heavy (non-hydrogen) atoms. The molecule has 0 bridgehead atoms. The van der Waals surface area contributed by atoms with Crippen molar-refractivity contribution in [3.05, 3.63) is 12.2 Å². The molecule has 3 aliphatic rings. The Morgan fingerprint density at radius 2 is 1.61 bits per heavy atom. The zero-order valence-electron chi connectivity index (χ0n) is 23.1. The van der Waals surface area contributed by atoms with Crippen LogP contribution in [0.15, 0.2) is 12.2 Å². The van der Waals surface area contributed by atoms with E-state index in [-0.39, 0.29) is 18.4 Å². The number of nitriles is 1. The maximum Gasteiger partial charge on any atom is 0.364 e. The second-order valence-corrected chi connectivity index (χ2v) is 11.1. The molecular weight excluding hydrogens is 486 g/mol. The summed E-state index contributed by atoms with van der Waals surface area (Å²) in [6.07, 6.45) is 18.5. The van der Waals surface area contributed by atoms with E-state index in [1.807, 2.05) is 0 Å². The van der Waals surface area contributed by atoms with E-state index in [9.17, 15) is 15.0 Å². The second-order valence-electron chi connectivity index (χ2n) is 11.1. The Kier molecular flexibility index (Phi) is 14.1. The molecule has 2 saturated heterocycles. The number of carboxylic acids is 1. The normalized spacial score (nSPS) is 29.7. The van der Waals surface area contributed by atoms with Gasteiger partial charge in [-0.25, -0.2) is 4.79 Å². The number of nitrogens with zero attached hydrogens (tertiary/aromatic N) is 1. The number of rotatable bonds is 17. The van der Waals surface area contributed by atoms with Gasteiger partial charge in [-0.2, -0.15) is 5.26 Å². The number of hydrogen-bond acceptors (Lipinski definition) is 7. The van der Waals surface area contributed by atoms with E-state index in [2.05, 4.69) is 18.2 Å². The Hall–Kier alpha value is -1.50. The number of hydrogen-bond donors (Lipinski definition) is 2. The molecule has 2 N–H and O–H groups in total. The van der Waals surface area contributed by atoms with Crippen molar-refractivity contribution in [1.82, 2.24) is 0 Å². The number of aliphatic carboxylic acids is 1. The first-order chi connectivity index (χ1) is 18.5. The van der Waals surface area contributed by atoms with Crippen molar-refractivity contribution in [2.24, 2.45) is 11.8 Å². The van der Waals surface area contributed by atoms with Crippen LogP contribution in [0.3, 0.4) is 0 Å². The van der Waals surface area contributed by atoms with E-state index >= 15 is 0 Å². The van der Waals surface area contributed by atoms with Gasteiger partial charge in [-0.3, -0.25) is 0 Å². The van der Waals surface area contributed by atoms with Crippen LogP contribution in [0.2, 0.25) is 0 Å². The molecule has 8 nitrogen and oxygen atoms in total.